The maximum absolute atomic E-state index is 12.0. The Morgan fingerprint density at radius 3 is 1.94 bits per heavy atom. The molecular formula is C14H30O2Si. The fraction of sp³-hybridized carbons (Fsp3) is 0.929. The molecule has 17 heavy (non-hydrogen) atoms. The molecule has 0 aromatic heterocycles. The van der Waals surface area contributed by atoms with Gasteiger partial charge in [0.1, 0.15) is 5.60 Å². The van der Waals surface area contributed by atoms with Crippen molar-refractivity contribution in [2.24, 2.45) is 5.41 Å². The van der Waals surface area contributed by atoms with Crippen LogP contribution >= 0.6 is 0 Å². The Hall–Kier alpha value is -0.313. The van der Waals surface area contributed by atoms with E-state index in [1.807, 2.05) is 34.6 Å². The molecule has 0 aromatic carbocycles. The lowest BCUT2D eigenvalue weighted by Crippen LogP contribution is -2.37. The fourth-order valence-corrected chi connectivity index (χ4v) is 2.61. The van der Waals surface area contributed by atoms with Crippen molar-refractivity contribution >= 4 is 14.0 Å². The Bertz CT molecular complexity index is 262. The van der Waals surface area contributed by atoms with Crippen LogP contribution in [0.5, 0.6) is 0 Å². The van der Waals surface area contributed by atoms with E-state index in [1.165, 1.54) is 6.04 Å². The molecule has 102 valence electrons. The van der Waals surface area contributed by atoms with Crippen molar-refractivity contribution < 1.29 is 9.53 Å². The molecule has 0 N–H and O–H groups in total. The molecule has 0 aromatic rings. The van der Waals surface area contributed by atoms with Crippen molar-refractivity contribution in [2.45, 2.75) is 78.7 Å². The van der Waals surface area contributed by atoms with Crippen LogP contribution in [0.15, 0.2) is 0 Å². The van der Waals surface area contributed by atoms with Gasteiger partial charge in [0, 0.05) is 8.07 Å². The van der Waals surface area contributed by atoms with Crippen LogP contribution < -0.4 is 0 Å². The Morgan fingerprint density at radius 2 is 1.59 bits per heavy atom. The summed E-state index contributed by atoms with van der Waals surface area (Å²) in [7, 11) is -1.06. The predicted octanol–water partition coefficient (Wildman–Crippen LogP) is 4.47. The molecule has 0 atom stereocenters. The second-order valence-electron chi connectivity index (χ2n) is 7.45. The van der Waals surface area contributed by atoms with Gasteiger partial charge in [0.2, 0.25) is 0 Å². The Kier molecular flexibility index (Phi) is 5.45. The van der Waals surface area contributed by atoms with Crippen molar-refractivity contribution in [1.29, 1.82) is 0 Å². The van der Waals surface area contributed by atoms with Crippen molar-refractivity contribution in [3.05, 3.63) is 0 Å². The van der Waals surface area contributed by atoms with E-state index in [2.05, 4.69) is 19.6 Å². The van der Waals surface area contributed by atoms with Gasteiger partial charge < -0.3 is 4.74 Å². The van der Waals surface area contributed by atoms with E-state index in [1.54, 1.807) is 0 Å². The second kappa shape index (κ2) is 5.55. The number of ether oxygens (including phenoxy) is 1. The van der Waals surface area contributed by atoms with Gasteiger partial charge in [0.25, 0.3) is 0 Å². The molecule has 2 nitrogen and oxygen atoms in total. The average Bonchev–Trinajstić information content (AvgIpc) is 2.13. The zero-order valence-electron chi connectivity index (χ0n) is 12.9. The number of carbonyl (C=O) groups excluding carboxylic acids is 1. The van der Waals surface area contributed by atoms with Gasteiger partial charge in [-0.15, -0.1) is 0 Å². The second-order valence-corrected chi connectivity index (χ2v) is 13.1. The molecule has 0 aliphatic heterocycles. The number of carbonyl (C=O) groups is 1. The third kappa shape index (κ3) is 6.87. The smallest absolute Gasteiger partial charge is 0.312 e. The summed E-state index contributed by atoms with van der Waals surface area (Å²) in [5, 5.41) is 0. The molecule has 0 saturated carbocycles. The van der Waals surface area contributed by atoms with E-state index in [9.17, 15) is 4.79 Å². The lowest BCUT2D eigenvalue weighted by atomic mass is 9.90. The van der Waals surface area contributed by atoms with E-state index in [0.29, 0.717) is 0 Å². The summed E-state index contributed by atoms with van der Waals surface area (Å²) in [6.07, 6.45) is 1.78. The zero-order valence-corrected chi connectivity index (χ0v) is 13.9. The summed E-state index contributed by atoms with van der Waals surface area (Å²) < 4.78 is 5.67. The van der Waals surface area contributed by atoms with Crippen LogP contribution in [0.4, 0.5) is 0 Å². The quantitative estimate of drug-likeness (QED) is 0.519. The maximum Gasteiger partial charge on any atom is 0.312 e. The Balaban J connectivity index is 4.40. The van der Waals surface area contributed by atoms with E-state index in [4.69, 9.17) is 4.74 Å². The minimum atomic E-state index is -1.06. The molecule has 0 radical (unpaired) electrons. The normalized spacial score (nSPS) is 13.6. The summed E-state index contributed by atoms with van der Waals surface area (Å²) in [5.74, 6) is -0.0689. The lowest BCUT2D eigenvalue weighted by Gasteiger charge is -2.32. The SMILES string of the molecule is CCC(C)(C)C(=O)OC(C)(C)CC[Si](C)(C)C. The van der Waals surface area contributed by atoms with Gasteiger partial charge in [-0.2, -0.15) is 0 Å². The standard InChI is InChI=1S/C14H30O2Si/c1-9-13(2,3)12(15)16-14(4,5)10-11-17(6,7)8/h9-11H2,1-8H3. The fourth-order valence-electron chi connectivity index (χ4n) is 1.26. The first-order valence-electron chi connectivity index (χ1n) is 6.63. The largest absolute Gasteiger partial charge is 0.459 e. The summed E-state index contributed by atoms with van der Waals surface area (Å²) in [5.41, 5.74) is -0.694. The molecule has 0 aliphatic carbocycles. The van der Waals surface area contributed by atoms with Crippen LogP contribution in [0, 0.1) is 5.41 Å². The number of rotatable bonds is 6. The van der Waals surface area contributed by atoms with Crippen LogP contribution in [0.3, 0.4) is 0 Å². The van der Waals surface area contributed by atoms with E-state index in [0.717, 1.165) is 12.8 Å². The molecule has 0 rings (SSSR count). The van der Waals surface area contributed by atoms with Crippen molar-refractivity contribution in [2.75, 3.05) is 0 Å². The highest BCUT2D eigenvalue weighted by molar-refractivity contribution is 6.76. The summed E-state index contributed by atoms with van der Waals surface area (Å²) in [4.78, 5) is 12.0. The van der Waals surface area contributed by atoms with Crippen molar-refractivity contribution in [3.8, 4) is 0 Å². The molecule has 0 saturated heterocycles. The third-order valence-electron chi connectivity index (χ3n) is 3.28. The average molecular weight is 258 g/mol. The lowest BCUT2D eigenvalue weighted by molar-refractivity contribution is -0.167. The molecule has 0 fully saturated rings. The Labute approximate surface area is 108 Å². The molecule has 0 heterocycles. The topological polar surface area (TPSA) is 26.3 Å². The van der Waals surface area contributed by atoms with Gasteiger partial charge in [0.15, 0.2) is 0 Å². The van der Waals surface area contributed by atoms with Crippen LogP contribution in [-0.4, -0.2) is 19.6 Å². The van der Waals surface area contributed by atoms with Gasteiger partial charge in [0.05, 0.1) is 5.41 Å². The predicted molar refractivity (Wildman–Crippen MR) is 77.0 cm³/mol. The van der Waals surface area contributed by atoms with Crippen LogP contribution in [0.1, 0.15) is 47.5 Å². The van der Waals surface area contributed by atoms with E-state index >= 15 is 0 Å². The first-order valence-corrected chi connectivity index (χ1v) is 10.3. The van der Waals surface area contributed by atoms with Crippen LogP contribution in [0.25, 0.3) is 0 Å². The molecule has 0 bridgehead atoms. The number of hydrogen-bond acceptors (Lipinski definition) is 2. The van der Waals surface area contributed by atoms with Crippen LogP contribution in [-0.2, 0) is 9.53 Å². The zero-order chi connectivity index (χ0) is 13.9. The van der Waals surface area contributed by atoms with Crippen molar-refractivity contribution in [1.82, 2.24) is 0 Å². The maximum atomic E-state index is 12.0. The van der Waals surface area contributed by atoms with Gasteiger partial charge in [-0.3, -0.25) is 4.79 Å². The molecule has 3 heteroatoms. The minimum absolute atomic E-state index is 0.0689. The highest BCUT2D eigenvalue weighted by Crippen LogP contribution is 2.28. The van der Waals surface area contributed by atoms with Gasteiger partial charge in [-0.25, -0.2) is 0 Å². The first kappa shape index (κ1) is 16.7. The minimum Gasteiger partial charge on any atom is -0.459 e. The number of hydrogen-bond donors (Lipinski definition) is 0. The molecule has 0 amide bonds. The molecule has 0 unspecified atom stereocenters. The number of esters is 1. The van der Waals surface area contributed by atoms with Gasteiger partial charge in [-0.1, -0.05) is 32.6 Å². The first-order chi connectivity index (χ1) is 7.40. The third-order valence-corrected chi connectivity index (χ3v) is 5.03. The molecule has 0 aliphatic rings. The Morgan fingerprint density at radius 1 is 1.12 bits per heavy atom. The van der Waals surface area contributed by atoms with Gasteiger partial charge >= 0.3 is 5.97 Å². The van der Waals surface area contributed by atoms with E-state index in [-0.39, 0.29) is 17.0 Å². The van der Waals surface area contributed by atoms with Crippen LogP contribution in [0.2, 0.25) is 25.7 Å². The summed E-state index contributed by atoms with van der Waals surface area (Å²) in [6.45, 7) is 17.0. The monoisotopic (exact) mass is 258 g/mol. The van der Waals surface area contributed by atoms with Gasteiger partial charge in [-0.05, 0) is 40.5 Å². The van der Waals surface area contributed by atoms with E-state index < -0.39 is 8.07 Å². The van der Waals surface area contributed by atoms with Crippen molar-refractivity contribution in [3.63, 3.8) is 0 Å². The summed E-state index contributed by atoms with van der Waals surface area (Å²) in [6, 6.07) is 1.19. The molecule has 0 spiro atoms. The summed E-state index contributed by atoms with van der Waals surface area (Å²) >= 11 is 0. The highest BCUT2D eigenvalue weighted by atomic mass is 28.3. The highest BCUT2D eigenvalue weighted by Gasteiger charge is 2.33. The molecular weight excluding hydrogens is 228 g/mol.